The monoisotopic (exact) mass is 1930 g/mol. The predicted molar refractivity (Wildman–Crippen MR) is 536 cm³/mol. The van der Waals surface area contributed by atoms with Gasteiger partial charge < -0.3 is 70.4 Å². The number of urea groups is 1. The minimum absolute atomic E-state index is 0.0288. The van der Waals surface area contributed by atoms with Gasteiger partial charge in [0.1, 0.15) is 44.8 Å². The number of ether oxygens (including phenoxy) is 1. The number of nitrogens with zero attached hydrogens (tertiary/aromatic N) is 25. The topological polar surface area (TPSA) is 594 Å². The Morgan fingerprint density at radius 3 is 0.931 bits per heavy atom. The first-order valence-corrected chi connectivity index (χ1v) is 45.5. The minimum atomic E-state index is -0.190. The number of morpholine rings is 1. The van der Waals surface area contributed by atoms with Crippen LogP contribution in [-0.2, 0) is 19.1 Å². The average molecular weight is 1930 g/mol. The van der Waals surface area contributed by atoms with Crippen LogP contribution in [0.2, 0.25) is 0 Å². The number of nitrogens with one attached hydrogen (secondary N) is 12. The molecule has 46 nitrogen and oxygen atoms in total. The molecule has 12 N–H and O–H groups in total. The first-order valence-electron chi connectivity index (χ1n) is 45.5. The zero-order valence-corrected chi connectivity index (χ0v) is 79.7. The fraction of sp³-hybridized carbons (Fsp3) is 0.224. The van der Waals surface area contributed by atoms with Crippen molar-refractivity contribution < 1.29 is 43.1 Å². The lowest BCUT2D eigenvalue weighted by atomic mass is 10.1. The van der Waals surface area contributed by atoms with Crippen molar-refractivity contribution in [3.8, 4) is 90.6 Å². The van der Waals surface area contributed by atoms with Crippen molar-refractivity contribution in [1.82, 2.24) is 165 Å². The third-order valence-electron chi connectivity index (χ3n) is 23.4. The van der Waals surface area contributed by atoms with Crippen LogP contribution in [0.1, 0.15) is 88.4 Å². The second-order valence-electron chi connectivity index (χ2n) is 35.7. The number of hydrogen-bond acceptors (Lipinski definition) is 29. The number of H-pyrrole nitrogens is 8. The number of hydrogen-bond donors (Lipinski definition) is 12. The Labute approximate surface area is 816 Å². The molecule has 144 heavy (non-hydrogen) atoms. The van der Waals surface area contributed by atoms with Gasteiger partial charge in [-0.05, 0) is 67.3 Å². The SMILES string of the molecule is CC(C)C(=O)Nc1cncc(-c2cnc3n[nH]c(-c4nc5c(C(=O)N(C)C)cncc5[nH]4)c3c2)c1.CC(C)CC(=O)Nc1cncc(-c2cnc3n[nH]c(-c4nc5c(C(=O)N(C)C)cncc5[nH]4)c3c2)c1.CN(C)C(=O)c1cncc2[nH]c(-c3[nH]nc4ncc(-c5cncc(NC(=O)C6CC6)c5)cc34)nc12.CN(C)C(=O)c1cncc2[nH]c(-c3[nH]nc4ncc(-c5cncc(NC(=O)N6CCOCC6)c5)cc34)nc12. The Kier molecular flexibility index (Phi) is 26.1. The number of amides is 9. The van der Waals surface area contributed by atoms with E-state index in [-0.39, 0.29) is 65.1 Å². The Hall–Kier alpha value is -18.9. The molecule has 0 spiro atoms. The molecule has 0 atom stereocenters. The number of carbonyl (C=O) groups excluding carboxylic acids is 8. The van der Waals surface area contributed by atoms with Crippen molar-refractivity contribution in [3.05, 3.63) is 195 Å². The summed E-state index contributed by atoms with van der Waals surface area (Å²) in [5.74, 6) is 1.44. The third-order valence-corrected chi connectivity index (χ3v) is 23.4. The lowest BCUT2D eigenvalue weighted by Crippen LogP contribution is -2.43. The van der Waals surface area contributed by atoms with Gasteiger partial charge in [0.15, 0.2) is 45.9 Å². The van der Waals surface area contributed by atoms with Crippen molar-refractivity contribution in [2.45, 2.75) is 47.0 Å². The molecule has 2 aliphatic rings. The Morgan fingerprint density at radius 2 is 0.639 bits per heavy atom. The van der Waals surface area contributed by atoms with E-state index in [1.165, 1.54) is 44.4 Å². The number of imidazole rings is 4. The van der Waals surface area contributed by atoms with Crippen LogP contribution in [0.15, 0.2) is 172 Å². The van der Waals surface area contributed by atoms with E-state index in [0.29, 0.717) is 191 Å². The molecule has 21 heterocycles. The van der Waals surface area contributed by atoms with Crippen LogP contribution in [0.5, 0.6) is 0 Å². The second kappa shape index (κ2) is 39.9. The van der Waals surface area contributed by atoms with Gasteiger partial charge in [0, 0.05) is 207 Å². The summed E-state index contributed by atoms with van der Waals surface area (Å²) in [6.45, 7) is 9.81. The van der Waals surface area contributed by atoms with Gasteiger partial charge in [-0.1, -0.05) is 27.7 Å². The van der Waals surface area contributed by atoms with Crippen molar-refractivity contribution in [3.63, 3.8) is 0 Å². The highest BCUT2D eigenvalue weighted by Gasteiger charge is 2.31. The molecule has 9 amide bonds. The smallest absolute Gasteiger partial charge is 0.322 e. The van der Waals surface area contributed by atoms with Crippen LogP contribution in [0.4, 0.5) is 27.5 Å². The first kappa shape index (κ1) is 94.1. The zero-order valence-electron chi connectivity index (χ0n) is 79.7. The fourth-order valence-electron chi connectivity index (χ4n) is 15.8. The van der Waals surface area contributed by atoms with E-state index >= 15 is 0 Å². The van der Waals surface area contributed by atoms with Gasteiger partial charge in [0.05, 0.1) is 151 Å². The normalized spacial score (nSPS) is 12.4. The van der Waals surface area contributed by atoms with Crippen molar-refractivity contribution in [2.75, 3.05) is 104 Å². The van der Waals surface area contributed by atoms with Gasteiger partial charge >= 0.3 is 6.03 Å². The highest BCUT2D eigenvalue weighted by Crippen LogP contribution is 2.38. The highest BCUT2D eigenvalue weighted by atomic mass is 16.5. The van der Waals surface area contributed by atoms with Gasteiger partial charge in [-0.25, -0.2) is 44.7 Å². The lowest BCUT2D eigenvalue weighted by molar-refractivity contribution is -0.119. The highest BCUT2D eigenvalue weighted by molar-refractivity contribution is 6.10. The molecule has 20 aromatic rings. The van der Waals surface area contributed by atoms with Crippen LogP contribution in [0.3, 0.4) is 0 Å². The van der Waals surface area contributed by atoms with Crippen LogP contribution >= 0.6 is 0 Å². The molecule has 20 aromatic heterocycles. The first-order chi connectivity index (χ1) is 69.6. The third kappa shape index (κ3) is 19.8. The van der Waals surface area contributed by atoms with Crippen molar-refractivity contribution in [1.29, 1.82) is 0 Å². The molecule has 0 bridgehead atoms. The molecule has 0 radical (unpaired) electrons. The summed E-state index contributed by atoms with van der Waals surface area (Å²) >= 11 is 0. The van der Waals surface area contributed by atoms with Crippen molar-refractivity contribution >= 4 is 158 Å². The fourth-order valence-corrected chi connectivity index (χ4v) is 15.8. The molecule has 0 unspecified atom stereocenters. The largest absolute Gasteiger partial charge is 0.378 e. The number of fused-ring (bicyclic) bond motifs is 8. The van der Waals surface area contributed by atoms with Crippen LogP contribution in [0.25, 0.3) is 179 Å². The van der Waals surface area contributed by atoms with Crippen LogP contribution < -0.4 is 21.3 Å². The molecule has 1 aliphatic heterocycles. The summed E-state index contributed by atoms with van der Waals surface area (Å²) in [5, 5.41) is 43.8. The Morgan fingerprint density at radius 1 is 0.354 bits per heavy atom. The number of pyridine rings is 12. The molecule has 2 fully saturated rings. The Balaban J connectivity index is 0.000000122. The summed E-state index contributed by atoms with van der Waals surface area (Å²) < 4.78 is 5.31. The number of rotatable bonds is 20. The summed E-state index contributed by atoms with van der Waals surface area (Å²) in [6, 6.07) is 15.0. The van der Waals surface area contributed by atoms with E-state index in [0.717, 1.165) is 78.9 Å². The quantitative estimate of drug-likeness (QED) is 0.0337. The minimum Gasteiger partial charge on any atom is -0.378 e. The molecule has 22 rings (SSSR count). The molecule has 1 saturated carbocycles. The van der Waals surface area contributed by atoms with Crippen LogP contribution in [0, 0.1) is 17.8 Å². The Bertz CT molecular complexity index is 8170. The van der Waals surface area contributed by atoms with Gasteiger partial charge in [0.2, 0.25) is 17.7 Å². The number of anilines is 4. The molecule has 1 aliphatic carbocycles. The number of aromatic amines is 8. The van der Waals surface area contributed by atoms with Gasteiger partial charge in [0.25, 0.3) is 23.6 Å². The molecular weight excluding hydrogens is 1840 g/mol. The predicted octanol–water partition coefficient (Wildman–Crippen LogP) is 12.4. The van der Waals surface area contributed by atoms with E-state index in [1.54, 1.807) is 160 Å². The van der Waals surface area contributed by atoms with E-state index in [2.05, 4.69) is 162 Å². The zero-order chi connectivity index (χ0) is 100. The maximum absolute atomic E-state index is 12.6. The molecular formula is C98H93N37O9. The number of carbonyl (C=O) groups is 8. The van der Waals surface area contributed by atoms with Crippen molar-refractivity contribution in [2.24, 2.45) is 17.8 Å². The molecule has 46 heteroatoms. The summed E-state index contributed by atoms with van der Waals surface area (Å²) in [7, 11) is 13.5. The van der Waals surface area contributed by atoms with E-state index < -0.39 is 0 Å². The summed E-state index contributed by atoms with van der Waals surface area (Å²) in [4.78, 5) is 190. The molecule has 1 saturated heterocycles. The second-order valence-corrected chi connectivity index (χ2v) is 35.7. The maximum Gasteiger partial charge on any atom is 0.322 e. The van der Waals surface area contributed by atoms with E-state index in [9.17, 15) is 38.4 Å². The molecule has 724 valence electrons. The van der Waals surface area contributed by atoms with E-state index in [1.807, 2.05) is 76.2 Å². The average Bonchev–Trinajstić information content (AvgIpc) is 1.63. The van der Waals surface area contributed by atoms with Gasteiger partial charge in [-0.3, -0.25) is 93.8 Å². The van der Waals surface area contributed by atoms with Gasteiger partial charge in [-0.15, -0.1) is 0 Å². The van der Waals surface area contributed by atoms with Crippen LogP contribution in [-0.4, -0.2) is 295 Å². The maximum atomic E-state index is 12.6. The number of aromatic nitrogens is 28. The summed E-state index contributed by atoms with van der Waals surface area (Å²) in [5.41, 5.74) is 19.7. The summed E-state index contributed by atoms with van der Waals surface area (Å²) in [6.07, 6.45) is 35.0. The lowest BCUT2D eigenvalue weighted by Gasteiger charge is -2.26. The van der Waals surface area contributed by atoms with E-state index in [4.69, 9.17) is 4.74 Å². The molecule has 0 aromatic carbocycles. The standard InChI is InChI=1S/C25H24N10O3.C25H25N9O2.C24H21N9O2.C24H23N9O2/c1-34(2)24(36)18-12-27-13-19-20(18)31-23(30-19)21-17-8-15(10-28-22(17)33-32-21)14-7-16(11-26-9-14)29-25(37)35-3-5-38-6-4-35;1-13(2)5-20(35)29-16-6-14(8-26-10-16)15-7-17-22(32-33-23(17)28-9-15)24-30-19-12-27-11-18(21(19)31-24)25(36)34(3)4;1-33(2)24(35)17-10-26-11-18-19(17)30-22(29-18)20-16-6-14(8-27-21(16)32-31-20)13-5-15(9-25-7-13)28-23(34)12-3-4-12;1-12(2)23(34)28-15-5-13(7-25-9-15)14-6-16-20(31-32-21(16)27-8-14)22-29-18-11-26-10-17(19(18)30-22)24(35)33(3)4/h7-13H,3-6H2,1-2H3,(H,29,37)(H,30,31)(H,28,32,33);6-13H,5H2,1-4H3,(H,29,35)(H,30,31)(H,28,32,33);5-12H,3-4H2,1-2H3,(H,28,34)(H,29,30)(H,27,31,32);5-12H,1-4H3,(H,28,34)(H,29,30)(H,27,31,32). The van der Waals surface area contributed by atoms with Gasteiger partial charge in [-0.2, -0.15) is 20.4 Å².